The maximum atomic E-state index is 13.6. The number of ketones is 1. The van der Waals surface area contributed by atoms with E-state index >= 15 is 0 Å². The lowest BCUT2D eigenvalue weighted by atomic mass is 10.1. The second kappa shape index (κ2) is 6.87. The number of Topliss-reactive ketones (excluding diaryl/α,β-unsaturated/α-hetero) is 1. The van der Waals surface area contributed by atoms with Crippen molar-refractivity contribution < 1.29 is 23.6 Å². The van der Waals surface area contributed by atoms with Crippen LogP contribution in [0.5, 0.6) is 11.5 Å². The quantitative estimate of drug-likeness (QED) is 0.463. The van der Waals surface area contributed by atoms with Crippen LogP contribution >= 0.6 is 0 Å². The molecule has 0 aromatic heterocycles. The van der Waals surface area contributed by atoms with Gasteiger partial charge in [0.05, 0.1) is 12.0 Å². The lowest BCUT2D eigenvalue weighted by molar-refractivity contribution is -0.385. The standard InChI is InChI=1S/C16H14FNO5/c1-10-3-5-13(18(20)21)16(7-10)23-9-14(19)11-4-6-15(22-2)12(17)8-11/h3-8H,9H2,1-2H3. The molecule has 0 aliphatic heterocycles. The van der Waals surface area contributed by atoms with Gasteiger partial charge in [0.25, 0.3) is 0 Å². The number of aryl methyl sites for hydroxylation is 1. The van der Waals surface area contributed by atoms with Crippen LogP contribution in [0.1, 0.15) is 15.9 Å². The van der Waals surface area contributed by atoms with Gasteiger partial charge in [0.1, 0.15) is 0 Å². The van der Waals surface area contributed by atoms with Crippen LogP contribution in [0.15, 0.2) is 36.4 Å². The highest BCUT2D eigenvalue weighted by molar-refractivity contribution is 5.97. The number of halogens is 1. The van der Waals surface area contributed by atoms with Gasteiger partial charge in [-0.15, -0.1) is 0 Å². The average Bonchev–Trinajstić information content (AvgIpc) is 2.52. The highest BCUT2D eigenvalue weighted by Crippen LogP contribution is 2.28. The molecule has 0 aliphatic carbocycles. The number of nitro benzene ring substituents is 1. The Kier molecular flexibility index (Phi) is 4.90. The maximum absolute atomic E-state index is 13.6. The summed E-state index contributed by atoms with van der Waals surface area (Å²) in [6.07, 6.45) is 0. The van der Waals surface area contributed by atoms with Gasteiger partial charge in [-0.1, -0.05) is 6.07 Å². The van der Waals surface area contributed by atoms with Crippen LogP contribution in [0.2, 0.25) is 0 Å². The van der Waals surface area contributed by atoms with E-state index in [1.54, 1.807) is 13.0 Å². The number of hydrogen-bond donors (Lipinski definition) is 0. The van der Waals surface area contributed by atoms with Crippen LogP contribution in [0.4, 0.5) is 10.1 Å². The number of rotatable bonds is 6. The number of nitro groups is 1. The number of ether oxygens (including phenoxy) is 2. The Bertz CT molecular complexity index is 760. The fourth-order valence-electron chi connectivity index (χ4n) is 1.95. The van der Waals surface area contributed by atoms with Crippen molar-refractivity contribution in [3.63, 3.8) is 0 Å². The van der Waals surface area contributed by atoms with E-state index in [2.05, 4.69) is 0 Å². The molecule has 0 atom stereocenters. The zero-order chi connectivity index (χ0) is 17.0. The molecule has 0 N–H and O–H groups in total. The van der Waals surface area contributed by atoms with E-state index < -0.39 is 23.1 Å². The van der Waals surface area contributed by atoms with Crippen molar-refractivity contribution >= 4 is 11.5 Å². The van der Waals surface area contributed by atoms with E-state index in [4.69, 9.17) is 9.47 Å². The molecule has 2 rings (SSSR count). The van der Waals surface area contributed by atoms with Crippen molar-refractivity contribution in [1.82, 2.24) is 0 Å². The third-order valence-electron chi connectivity index (χ3n) is 3.14. The normalized spacial score (nSPS) is 10.2. The van der Waals surface area contributed by atoms with Gasteiger partial charge in [0.15, 0.2) is 29.7 Å². The zero-order valence-electron chi connectivity index (χ0n) is 12.5. The highest BCUT2D eigenvalue weighted by Gasteiger charge is 2.17. The van der Waals surface area contributed by atoms with Crippen molar-refractivity contribution in [2.45, 2.75) is 6.92 Å². The molecule has 2 aromatic rings. The second-order valence-corrected chi connectivity index (χ2v) is 4.79. The van der Waals surface area contributed by atoms with Crippen LogP contribution in [-0.4, -0.2) is 24.4 Å². The van der Waals surface area contributed by atoms with Crippen molar-refractivity contribution in [2.24, 2.45) is 0 Å². The number of benzene rings is 2. The molecule has 0 aliphatic rings. The van der Waals surface area contributed by atoms with Gasteiger partial charge in [-0.05, 0) is 36.8 Å². The molecule has 7 heteroatoms. The Balaban J connectivity index is 2.15. The van der Waals surface area contributed by atoms with Crippen LogP contribution in [0, 0.1) is 22.9 Å². The second-order valence-electron chi connectivity index (χ2n) is 4.79. The van der Waals surface area contributed by atoms with Crippen LogP contribution in [-0.2, 0) is 0 Å². The highest BCUT2D eigenvalue weighted by atomic mass is 19.1. The molecular weight excluding hydrogens is 305 g/mol. The first-order chi connectivity index (χ1) is 10.9. The Morgan fingerprint density at radius 1 is 1.22 bits per heavy atom. The molecule has 0 heterocycles. The maximum Gasteiger partial charge on any atom is 0.310 e. The van der Waals surface area contributed by atoms with Gasteiger partial charge in [-0.2, -0.15) is 0 Å². The lowest BCUT2D eigenvalue weighted by Crippen LogP contribution is -2.12. The Hall–Kier alpha value is -2.96. The summed E-state index contributed by atoms with van der Waals surface area (Å²) in [5.41, 5.74) is 0.622. The summed E-state index contributed by atoms with van der Waals surface area (Å²) < 4.78 is 23.6. The largest absolute Gasteiger partial charge is 0.494 e. The fraction of sp³-hybridized carbons (Fsp3) is 0.188. The Morgan fingerprint density at radius 3 is 2.57 bits per heavy atom. The molecule has 120 valence electrons. The number of carbonyl (C=O) groups excluding carboxylic acids is 1. The van der Waals surface area contributed by atoms with Crippen LogP contribution in [0.25, 0.3) is 0 Å². The molecular formula is C16H14FNO5. The molecule has 6 nitrogen and oxygen atoms in total. The number of nitrogens with zero attached hydrogens (tertiary/aromatic N) is 1. The molecule has 0 amide bonds. The smallest absolute Gasteiger partial charge is 0.310 e. The fourth-order valence-corrected chi connectivity index (χ4v) is 1.95. The first-order valence-corrected chi connectivity index (χ1v) is 6.67. The van der Waals surface area contributed by atoms with Gasteiger partial charge >= 0.3 is 5.69 Å². The summed E-state index contributed by atoms with van der Waals surface area (Å²) >= 11 is 0. The minimum atomic E-state index is -0.667. The minimum Gasteiger partial charge on any atom is -0.494 e. The summed E-state index contributed by atoms with van der Waals surface area (Å²) in [6, 6.07) is 8.12. The van der Waals surface area contributed by atoms with Gasteiger partial charge < -0.3 is 9.47 Å². The number of hydrogen-bond acceptors (Lipinski definition) is 5. The van der Waals surface area contributed by atoms with Crippen molar-refractivity contribution in [1.29, 1.82) is 0 Å². The zero-order valence-corrected chi connectivity index (χ0v) is 12.5. The van der Waals surface area contributed by atoms with Crippen molar-refractivity contribution in [3.8, 4) is 11.5 Å². The first-order valence-electron chi connectivity index (χ1n) is 6.67. The SMILES string of the molecule is COc1ccc(C(=O)COc2cc(C)ccc2[N+](=O)[O-])cc1F. The summed E-state index contributed by atoms with van der Waals surface area (Å²) in [7, 11) is 1.32. The van der Waals surface area contributed by atoms with Gasteiger partial charge in [0, 0.05) is 11.6 Å². The van der Waals surface area contributed by atoms with E-state index in [1.165, 1.54) is 31.4 Å². The third-order valence-corrected chi connectivity index (χ3v) is 3.14. The Morgan fingerprint density at radius 2 is 1.96 bits per heavy atom. The predicted molar refractivity (Wildman–Crippen MR) is 80.6 cm³/mol. The molecule has 0 radical (unpaired) electrons. The van der Waals surface area contributed by atoms with Crippen LogP contribution < -0.4 is 9.47 Å². The van der Waals surface area contributed by atoms with E-state index in [-0.39, 0.29) is 22.7 Å². The van der Waals surface area contributed by atoms with E-state index in [9.17, 15) is 19.3 Å². The number of carbonyl (C=O) groups is 1. The lowest BCUT2D eigenvalue weighted by Gasteiger charge is -2.08. The molecule has 0 saturated carbocycles. The molecule has 2 aromatic carbocycles. The number of methoxy groups -OCH3 is 1. The summed E-state index contributed by atoms with van der Waals surface area (Å²) in [4.78, 5) is 22.4. The van der Waals surface area contributed by atoms with Crippen molar-refractivity contribution in [2.75, 3.05) is 13.7 Å². The topological polar surface area (TPSA) is 78.7 Å². The van der Waals surface area contributed by atoms with E-state index in [0.717, 1.165) is 11.6 Å². The summed E-state index contributed by atoms with van der Waals surface area (Å²) in [5, 5.41) is 10.9. The van der Waals surface area contributed by atoms with Gasteiger partial charge in [0.2, 0.25) is 0 Å². The first kappa shape index (κ1) is 16.4. The van der Waals surface area contributed by atoms with E-state index in [0.29, 0.717) is 0 Å². The minimum absolute atomic E-state index is 0.00247. The van der Waals surface area contributed by atoms with Crippen LogP contribution in [0.3, 0.4) is 0 Å². The summed E-state index contributed by atoms with van der Waals surface area (Å²) in [6.45, 7) is 1.31. The molecule has 0 bridgehead atoms. The van der Waals surface area contributed by atoms with Crippen molar-refractivity contribution in [3.05, 3.63) is 63.5 Å². The average molecular weight is 319 g/mol. The van der Waals surface area contributed by atoms with Gasteiger partial charge in [-0.25, -0.2) is 4.39 Å². The molecule has 0 spiro atoms. The molecule has 0 unspecified atom stereocenters. The molecule has 23 heavy (non-hydrogen) atoms. The Labute approximate surface area is 131 Å². The van der Waals surface area contributed by atoms with Gasteiger partial charge in [-0.3, -0.25) is 14.9 Å². The predicted octanol–water partition coefficient (Wildman–Crippen LogP) is 3.31. The summed E-state index contributed by atoms with van der Waals surface area (Å²) in [5.74, 6) is -1.14. The third kappa shape index (κ3) is 3.82. The van der Waals surface area contributed by atoms with E-state index in [1.807, 2.05) is 0 Å². The molecule has 0 saturated heterocycles. The molecule has 0 fully saturated rings. The monoisotopic (exact) mass is 319 g/mol.